The van der Waals surface area contributed by atoms with Gasteiger partial charge in [-0.25, -0.2) is 0 Å². The van der Waals surface area contributed by atoms with Crippen LogP contribution in [0.2, 0.25) is 0 Å². The third-order valence-electron chi connectivity index (χ3n) is 5.44. The van der Waals surface area contributed by atoms with Crippen LogP contribution in [0.25, 0.3) is 5.76 Å². The zero-order valence-corrected chi connectivity index (χ0v) is 19.4. The molecule has 33 heavy (non-hydrogen) atoms. The zero-order chi connectivity index (χ0) is 23.7. The largest absolute Gasteiger partial charge is 0.508 e. The number of hydrogen-bond donors (Lipinski definition) is 2. The minimum Gasteiger partial charge on any atom is -0.508 e. The van der Waals surface area contributed by atoms with Gasteiger partial charge >= 0.3 is 0 Å². The SMILES string of the molecule is Cc1cc(/C(O)=C2/C(=O)C(=O)N(Cc3cccs3)C2c2cccc(O)c2)ccc1OC(C)C. The molecule has 0 radical (unpaired) electrons. The highest BCUT2D eigenvalue weighted by Gasteiger charge is 2.46. The zero-order valence-electron chi connectivity index (χ0n) is 18.6. The first kappa shape index (κ1) is 22.6. The van der Waals surface area contributed by atoms with Gasteiger partial charge in [0.05, 0.1) is 24.3 Å². The van der Waals surface area contributed by atoms with Gasteiger partial charge in [0.1, 0.15) is 17.3 Å². The van der Waals surface area contributed by atoms with E-state index < -0.39 is 17.7 Å². The van der Waals surface area contributed by atoms with Gasteiger partial charge in [-0.15, -0.1) is 11.3 Å². The second kappa shape index (κ2) is 9.11. The van der Waals surface area contributed by atoms with Crippen molar-refractivity contribution in [2.45, 2.75) is 39.5 Å². The van der Waals surface area contributed by atoms with Gasteiger partial charge < -0.3 is 19.8 Å². The molecule has 1 unspecified atom stereocenters. The van der Waals surface area contributed by atoms with E-state index in [9.17, 15) is 19.8 Å². The van der Waals surface area contributed by atoms with E-state index >= 15 is 0 Å². The van der Waals surface area contributed by atoms with Crippen molar-refractivity contribution < 1.29 is 24.5 Å². The second-order valence-corrected chi connectivity index (χ2v) is 9.28. The van der Waals surface area contributed by atoms with Crippen molar-refractivity contribution in [3.63, 3.8) is 0 Å². The summed E-state index contributed by atoms with van der Waals surface area (Å²) in [7, 11) is 0. The quantitative estimate of drug-likeness (QED) is 0.299. The highest BCUT2D eigenvalue weighted by atomic mass is 32.1. The first-order valence-corrected chi connectivity index (χ1v) is 11.5. The molecule has 1 aliphatic rings. The van der Waals surface area contributed by atoms with Crippen molar-refractivity contribution in [2.75, 3.05) is 0 Å². The number of carbonyl (C=O) groups excluding carboxylic acids is 2. The summed E-state index contributed by atoms with van der Waals surface area (Å²) < 4.78 is 5.77. The molecule has 7 heteroatoms. The Hall–Kier alpha value is -3.58. The predicted molar refractivity (Wildman–Crippen MR) is 127 cm³/mol. The standard InChI is InChI=1S/C26H25NO5S/c1-15(2)32-21-10-9-18(12-16(21)3)24(29)22-23(17-6-4-7-19(28)13-17)27(26(31)25(22)30)14-20-8-5-11-33-20/h4-13,15,23,28-29H,14H2,1-3H3/b24-22-. The Morgan fingerprint density at radius 1 is 1.12 bits per heavy atom. The monoisotopic (exact) mass is 463 g/mol. The second-order valence-electron chi connectivity index (χ2n) is 8.25. The van der Waals surface area contributed by atoms with Crippen LogP contribution in [0.4, 0.5) is 0 Å². The summed E-state index contributed by atoms with van der Waals surface area (Å²) >= 11 is 1.48. The molecule has 1 amide bonds. The Balaban J connectivity index is 1.83. The number of Topliss-reactive ketones (excluding diaryl/α,β-unsaturated/α-hetero) is 1. The lowest BCUT2D eigenvalue weighted by atomic mass is 9.94. The van der Waals surface area contributed by atoms with E-state index in [-0.39, 0.29) is 29.7 Å². The number of carbonyl (C=O) groups is 2. The number of aryl methyl sites for hydroxylation is 1. The van der Waals surface area contributed by atoms with Crippen LogP contribution in [-0.4, -0.2) is 32.9 Å². The van der Waals surface area contributed by atoms with Gasteiger partial charge in [-0.1, -0.05) is 18.2 Å². The van der Waals surface area contributed by atoms with E-state index in [4.69, 9.17) is 4.74 Å². The number of hydrogen-bond acceptors (Lipinski definition) is 6. The molecule has 6 nitrogen and oxygen atoms in total. The Kier molecular flexibility index (Phi) is 6.24. The highest BCUT2D eigenvalue weighted by Crippen LogP contribution is 2.41. The van der Waals surface area contributed by atoms with Crippen LogP contribution in [-0.2, 0) is 16.1 Å². The molecule has 1 fully saturated rings. The van der Waals surface area contributed by atoms with Gasteiger partial charge in [0.25, 0.3) is 11.7 Å². The van der Waals surface area contributed by atoms with Crippen molar-refractivity contribution in [1.82, 2.24) is 4.90 Å². The molecular formula is C26H25NO5S. The third-order valence-corrected chi connectivity index (χ3v) is 6.30. The molecule has 2 aromatic carbocycles. The van der Waals surface area contributed by atoms with Gasteiger partial charge in [-0.2, -0.15) is 0 Å². The molecule has 0 aliphatic carbocycles. The van der Waals surface area contributed by atoms with E-state index in [2.05, 4.69) is 0 Å². The normalized spacial score (nSPS) is 17.7. The maximum absolute atomic E-state index is 13.1. The van der Waals surface area contributed by atoms with Crippen LogP contribution in [0.15, 0.2) is 65.6 Å². The number of phenols is 1. The van der Waals surface area contributed by atoms with E-state index in [1.165, 1.54) is 28.4 Å². The number of thiophene rings is 1. The topological polar surface area (TPSA) is 87.1 Å². The Labute approximate surface area is 196 Å². The van der Waals surface area contributed by atoms with Crippen molar-refractivity contribution >= 4 is 28.8 Å². The number of aromatic hydroxyl groups is 1. The number of ether oxygens (including phenoxy) is 1. The molecule has 3 aromatic rings. The number of amides is 1. The van der Waals surface area contributed by atoms with Gasteiger partial charge in [-0.05, 0) is 73.7 Å². The fourth-order valence-corrected chi connectivity index (χ4v) is 4.70. The van der Waals surface area contributed by atoms with Crippen molar-refractivity contribution in [1.29, 1.82) is 0 Å². The van der Waals surface area contributed by atoms with Crippen molar-refractivity contribution in [3.8, 4) is 11.5 Å². The summed E-state index contributed by atoms with van der Waals surface area (Å²) in [5.41, 5.74) is 1.76. The van der Waals surface area contributed by atoms with Crippen LogP contribution < -0.4 is 4.74 Å². The van der Waals surface area contributed by atoms with Crippen molar-refractivity contribution in [3.05, 3.63) is 87.1 Å². The number of phenolic OH excluding ortho intramolecular Hbond substituents is 1. The molecular weight excluding hydrogens is 438 g/mol. The molecule has 1 aromatic heterocycles. The lowest BCUT2D eigenvalue weighted by Gasteiger charge is -2.25. The number of benzene rings is 2. The van der Waals surface area contributed by atoms with E-state index in [0.29, 0.717) is 16.9 Å². The minimum absolute atomic E-state index is 0.000848. The third kappa shape index (κ3) is 4.50. The molecule has 2 N–H and O–H groups in total. The molecule has 0 bridgehead atoms. The Morgan fingerprint density at radius 3 is 2.55 bits per heavy atom. The summed E-state index contributed by atoms with van der Waals surface area (Å²) in [5.74, 6) is -0.994. The molecule has 170 valence electrons. The maximum atomic E-state index is 13.1. The van der Waals surface area contributed by atoms with E-state index in [1.54, 1.807) is 30.3 Å². The van der Waals surface area contributed by atoms with E-state index in [0.717, 1.165) is 10.4 Å². The molecule has 0 spiro atoms. The summed E-state index contributed by atoms with van der Waals surface area (Å²) in [4.78, 5) is 28.5. The molecule has 1 saturated heterocycles. The smallest absolute Gasteiger partial charge is 0.295 e. The lowest BCUT2D eigenvalue weighted by Crippen LogP contribution is -2.28. The fourth-order valence-electron chi connectivity index (χ4n) is 3.99. The number of aliphatic hydroxyl groups excluding tert-OH is 1. The first-order valence-electron chi connectivity index (χ1n) is 10.6. The van der Waals surface area contributed by atoms with E-state index in [1.807, 2.05) is 38.3 Å². The van der Waals surface area contributed by atoms with Gasteiger partial charge in [-0.3, -0.25) is 9.59 Å². The van der Waals surface area contributed by atoms with Gasteiger partial charge in [0.15, 0.2) is 0 Å². The molecule has 2 heterocycles. The average Bonchev–Trinajstić information content (AvgIpc) is 3.37. The molecule has 1 aliphatic heterocycles. The van der Waals surface area contributed by atoms with Crippen LogP contribution in [0, 0.1) is 6.92 Å². The highest BCUT2D eigenvalue weighted by molar-refractivity contribution is 7.09. The summed E-state index contributed by atoms with van der Waals surface area (Å²) in [6, 6.07) is 14.5. The minimum atomic E-state index is -0.828. The molecule has 4 rings (SSSR count). The van der Waals surface area contributed by atoms with Crippen LogP contribution in [0.3, 0.4) is 0 Å². The Bertz CT molecular complexity index is 1230. The van der Waals surface area contributed by atoms with Gasteiger partial charge in [0, 0.05) is 10.4 Å². The first-order chi connectivity index (χ1) is 15.8. The summed E-state index contributed by atoms with van der Waals surface area (Å²) in [6.45, 7) is 5.94. The molecule has 0 saturated carbocycles. The summed E-state index contributed by atoms with van der Waals surface area (Å²) in [5, 5.41) is 23.2. The number of ketones is 1. The maximum Gasteiger partial charge on any atom is 0.295 e. The summed E-state index contributed by atoms with van der Waals surface area (Å²) in [6.07, 6.45) is -0.00326. The van der Waals surface area contributed by atoms with Gasteiger partial charge in [0.2, 0.25) is 0 Å². The average molecular weight is 464 g/mol. The number of likely N-dealkylation sites (tertiary alicyclic amines) is 1. The van der Waals surface area contributed by atoms with Crippen molar-refractivity contribution in [2.24, 2.45) is 0 Å². The number of nitrogens with zero attached hydrogens (tertiary/aromatic N) is 1. The van der Waals surface area contributed by atoms with Crippen LogP contribution in [0.1, 0.15) is 41.5 Å². The lowest BCUT2D eigenvalue weighted by molar-refractivity contribution is -0.140. The molecule has 1 atom stereocenters. The van der Waals surface area contributed by atoms with Crippen LogP contribution >= 0.6 is 11.3 Å². The number of rotatable bonds is 6. The number of aliphatic hydroxyl groups is 1. The van der Waals surface area contributed by atoms with Crippen LogP contribution in [0.5, 0.6) is 11.5 Å². The Morgan fingerprint density at radius 2 is 1.91 bits per heavy atom. The fraction of sp³-hybridized carbons (Fsp3) is 0.231. The predicted octanol–water partition coefficient (Wildman–Crippen LogP) is 5.17.